The van der Waals surface area contributed by atoms with Crippen molar-refractivity contribution in [2.75, 3.05) is 11.9 Å². The molecule has 1 aromatic heterocycles. The lowest BCUT2D eigenvalue weighted by atomic mass is 10.1. The van der Waals surface area contributed by atoms with Gasteiger partial charge in [-0.2, -0.15) is 9.78 Å². The van der Waals surface area contributed by atoms with E-state index in [1.807, 2.05) is 32.0 Å². The van der Waals surface area contributed by atoms with Crippen LogP contribution in [0.4, 0.5) is 11.4 Å². The van der Waals surface area contributed by atoms with Gasteiger partial charge >= 0.3 is 0 Å². The Morgan fingerprint density at radius 1 is 1.03 bits per heavy atom. The van der Waals surface area contributed by atoms with Crippen molar-refractivity contribution in [3.05, 3.63) is 106 Å². The van der Waals surface area contributed by atoms with Crippen LogP contribution in [0.2, 0.25) is 5.02 Å². The highest BCUT2D eigenvalue weighted by Gasteiger charge is 2.16. The lowest BCUT2D eigenvalue weighted by molar-refractivity contribution is 0.0949. The number of aromatic nitrogens is 2. The van der Waals surface area contributed by atoms with Gasteiger partial charge in [-0.05, 0) is 60.5 Å². The molecule has 2 N–H and O–H groups in total. The van der Waals surface area contributed by atoms with E-state index in [9.17, 15) is 9.59 Å². The Hall–Kier alpha value is -4.10. The van der Waals surface area contributed by atoms with Crippen LogP contribution in [0.1, 0.15) is 24.2 Å². The molecular weight excluding hydrogens is 464 g/mol. The molecule has 1 heterocycles. The molecule has 0 unspecified atom stereocenters. The van der Waals surface area contributed by atoms with Gasteiger partial charge in [0.2, 0.25) is 0 Å². The van der Waals surface area contributed by atoms with E-state index in [1.165, 1.54) is 10.9 Å². The summed E-state index contributed by atoms with van der Waals surface area (Å²) in [5.74, 6) is 0.884. The van der Waals surface area contributed by atoms with Gasteiger partial charge in [0.05, 0.1) is 11.9 Å². The predicted molar refractivity (Wildman–Crippen MR) is 138 cm³/mol. The van der Waals surface area contributed by atoms with Crippen molar-refractivity contribution in [2.24, 2.45) is 5.92 Å². The highest BCUT2D eigenvalue weighted by Crippen LogP contribution is 2.29. The molecule has 0 saturated carbocycles. The van der Waals surface area contributed by atoms with Crippen molar-refractivity contribution in [3.63, 3.8) is 0 Å². The van der Waals surface area contributed by atoms with Gasteiger partial charge in [-0.1, -0.05) is 49.7 Å². The predicted octanol–water partition coefficient (Wildman–Crippen LogP) is 5.81. The summed E-state index contributed by atoms with van der Waals surface area (Å²) in [5.41, 5.74) is 1.43. The molecule has 0 atom stereocenters. The summed E-state index contributed by atoms with van der Waals surface area (Å²) in [6.45, 7) is 4.63. The van der Waals surface area contributed by atoms with Crippen molar-refractivity contribution in [1.82, 2.24) is 15.1 Å². The third kappa shape index (κ3) is 6.07. The second-order valence-electron chi connectivity index (χ2n) is 8.30. The SMILES string of the molecule is CC(C)CNC(=O)c1cccc(Nc2c(Oc3ccc(Cl)cc3)cnn(-c3ccccc3)c2=O)c1. The zero-order valence-electron chi connectivity index (χ0n) is 19.4. The molecule has 0 aliphatic rings. The Labute approximate surface area is 208 Å². The molecule has 0 aliphatic heterocycles. The van der Waals surface area contributed by atoms with E-state index in [4.69, 9.17) is 16.3 Å². The lowest BCUT2D eigenvalue weighted by Gasteiger charge is -2.15. The third-order valence-electron chi connectivity index (χ3n) is 5.05. The largest absolute Gasteiger partial charge is 0.453 e. The number of para-hydroxylation sites is 1. The number of nitrogens with zero attached hydrogens (tertiary/aromatic N) is 2. The summed E-state index contributed by atoms with van der Waals surface area (Å²) in [6.07, 6.45) is 1.48. The van der Waals surface area contributed by atoms with Crippen molar-refractivity contribution < 1.29 is 9.53 Å². The molecule has 35 heavy (non-hydrogen) atoms. The molecule has 0 radical (unpaired) electrons. The fourth-order valence-electron chi connectivity index (χ4n) is 3.30. The Kier molecular flexibility index (Phi) is 7.48. The smallest absolute Gasteiger partial charge is 0.299 e. The number of anilines is 2. The third-order valence-corrected chi connectivity index (χ3v) is 5.30. The van der Waals surface area contributed by atoms with E-state index in [0.29, 0.717) is 40.2 Å². The fraction of sp³-hybridized carbons (Fsp3) is 0.148. The fourth-order valence-corrected chi connectivity index (χ4v) is 3.42. The van der Waals surface area contributed by atoms with Gasteiger partial charge in [-0.15, -0.1) is 0 Å². The number of amides is 1. The standard InChI is InChI=1S/C27H25ClN4O3/c1-18(2)16-29-26(33)19-7-6-8-21(15-19)31-25-24(35-23-13-11-20(28)12-14-23)17-30-32(27(25)34)22-9-4-3-5-10-22/h3-15,17-18,31H,16H2,1-2H3,(H,29,33). The van der Waals surface area contributed by atoms with Crippen LogP contribution < -0.4 is 20.9 Å². The quantitative estimate of drug-likeness (QED) is 0.327. The first kappa shape index (κ1) is 24.0. The summed E-state index contributed by atoms with van der Waals surface area (Å²) >= 11 is 5.98. The zero-order valence-corrected chi connectivity index (χ0v) is 20.1. The first-order chi connectivity index (χ1) is 16.9. The second kappa shape index (κ2) is 10.9. The molecule has 8 heteroatoms. The number of carbonyl (C=O) groups excluding carboxylic acids is 1. The number of ether oxygens (including phenoxy) is 1. The van der Waals surface area contributed by atoms with Gasteiger partial charge in [0.15, 0.2) is 11.4 Å². The van der Waals surface area contributed by atoms with Crippen LogP contribution in [0.5, 0.6) is 11.5 Å². The maximum Gasteiger partial charge on any atom is 0.299 e. The van der Waals surface area contributed by atoms with Crippen LogP contribution >= 0.6 is 11.6 Å². The average molecular weight is 489 g/mol. The number of carbonyl (C=O) groups is 1. The molecule has 0 saturated heterocycles. The van der Waals surface area contributed by atoms with Crippen LogP contribution in [0.3, 0.4) is 0 Å². The Bertz CT molecular complexity index is 1370. The van der Waals surface area contributed by atoms with Gasteiger partial charge < -0.3 is 15.4 Å². The highest BCUT2D eigenvalue weighted by molar-refractivity contribution is 6.30. The van der Waals surface area contributed by atoms with E-state index in [-0.39, 0.29) is 17.3 Å². The van der Waals surface area contributed by atoms with Gasteiger partial charge in [0.1, 0.15) is 5.75 Å². The zero-order chi connectivity index (χ0) is 24.8. The van der Waals surface area contributed by atoms with Crippen LogP contribution in [-0.4, -0.2) is 22.2 Å². The van der Waals surface area contributed by atoms with Gasteiger partial charge in [-0.25, -0.2) is 0 Å². The Balaban J connectivity index is 1.71. The van der Waals surface area contributed by atoms with E-state index >= 15 is 0 Å². The minimum atomic E-state index is -0.405. The normalized spacial score (nSPS) is 10.7. The molecule has 4 rings (SSSR count). The molecule has 4 aromatic rings. The number of hydrogen-bond donors (Lipinski definition) is 2. The molecule has 3 aromatic carbocycles. The summed E-state index contributed by atoms with van der Waals surface area (Å²) in [6, 6.07) is 22.8. The lowest BCUT2D eigenvalue weighted by Crippen LogP contribution is -2.27. The maximum absolute atomic E-state index is 13.5. The monoisotopic (exact) mass is 488 g/mol. The van der Waals surface area contributed by atoms with Gasteiger partial charge in [0, 0.05) is 22.8 Å². The van der Waals surface area contributed by atoms with Crippen molar-refractivity contribution >= 4 is 28.9 Å². The van der Waals surface area contributed by atoms with E-state index in [1.54, 1.807) is 60.7 Å². The molecule has 0 spiro atoms. The van der Waals surface area contributed by atoms with Crippen LogP contribution in [-0.2, 0) is 0 Å². The number of rotatable bonds is 8. The number of hydrogen-bond acceptors (Lipinski definition) is 5. The van der Waals surface area contributed by atoms with Gasteiger partial charge in [0.25, 0.3) is 11.5 Å². The Morgan fingerprint density at radius 2 is 1.77 bits per heavy atom. The van der Waals surface area contributed by atoms with Crippen molar-refractivity contribution in [3.8, 4) is 17.2 Å². The molecule has 7 nitrogen and oxygen atoms in total. The van der Waals surface area contributed by atoms with Crippen LogP contribution in [0.15, 0.2) is 89.9 Å². The summed E-state index contributed by atoms with van der Waals surface area (Å²) in [4.78, 5) is 26.0. The summed E-state index contributed by atoms with van der Waals surface area (Å²) in [5, 5.41) is 10.9. The molecule has 0 aliphatic carbocycles. The van der Waals surface area contributed by atoms with Crippen LogP contribution in [0, 0.1) is 5.92 Å². The minimum Gasteiger partial charge on any atom is -0.453 e. The van der Waals surface area contributed by atoms with E-state index < -0.39 is 5.56 Å². The van der Waals surface area contributed by atoms with Gasteiger partial charge in [-0.3, -0.25) is 9.59 Å². The molecular formula is C27H25ClN4O3. The molecule has 1 amide bonds. The first-order valence-corrected chi connectivity index (χ1v) is 11.5. The summed E-state index contributed by atoms with van der Waals surface area (Å²) < 4.78 is 7.26. The van der Waals surface area contributed by atoms with Crippen molar-refractivity contribution in [1.29, 1.82) is 0 Å². The second-order valence-corrected chi connectivity index (χ2v) is 8.74. The summed E-state index contributed by atoms with van der Waals surface area (Å²) in [7, 11) is 0. The number of halogens is 1. The number of nitrogens with one attached hydrogen (secondary N) is 2. The maximum atomic E-state index is 13.5. The topological polar surface area (TPSA) is 85.2 Å². The molecule has 0 bridgehead atoms. The van der Waals surface area contributed by atoms with E-state index in [0.717, 1.165) is 0 Å². The van der Waals surface area contributed by atoms with E-state index in [2.05, 4.69) is 15.7 Å². The Morgan fingerprint density at radius 3 is 2.49 bits per heavy atom. The minimum absolute atomic E-state index is 0.179. The average Bonchev–Trinajstić information content (AvgIpc) is 2.87. The highest BCUT2D eigenvalue weighted by atomic mass is 35.5. The first-order valence-electron chi connectivity index (χ1n) is 11.2. The molecule has 0 fully saturated rings. The van der Waals surface area contributed by atoms with Crippen molar-refractivity contribution in [2.45, 2.75) is 13.8 Å². The van der Waals surface area contributed by atoms with Crippen LogP contribution in [0.25, 0.3) is 5.69 Å². The number of benzene rings is 3. The molecule has 178 valence electrons.